The molecule has 6 aromatic carbocycles. The maximum absolute atomic E-state index is 14.9. The van der Waals surface area contributed by atoms with Crippen molar-refractivity contribution in [2.24, 2.45) is 0 Å². The van der Waals surface area contributed by atoms with Gasteiger partial charge in [0.05, 0.1) is 5.69 Å². The molecular weight excluding hydrogens is 655 g/mol. The van der Waals surface area contributed by atoms with Crippen LogP contribution in [0.15, 0.2) is 152 Å². The monoisotopic (exact) mass is 685 g/mol. The van der Waals surface area contributed by atoms with Crippen LogP contribution in [0.25, 0.3) is 0 Å². The van der Waals surface area contributed by atoms with Gasteiger partial charge in [-0.2, -0.15) is 0 Å². The van der Waals surface area contributed by atoms with Crippen LogP contribution in [0.4, 0.5) is 21.5 Å². The van der Waals surface area contributed by atoms with E-state index >= 15 is 0 Å². The van der Waals surface area contributed by atoms with Crippen molar-refractivity contribution in [2.75, 3.05) is 4.90 Å². The second-order valence-corrected chi connectivity index (χ2v) is 14.2. The van der Waals surface area contributed by atoms with Crippen LogP contribution in [0, 0.1) is 5.82 Å². The molecule has 7 heteroatoms. The average Bonchev–Trinajstić information content (AvgIpc) is 3.07. The van der Waals surface area contributed by atoms with E-state index in [-0.39, 0.29) is 14.4 Å². The van der Waals surface area contributed by atoms with Crippen LogP contribution in [0.2, 0.25) is 0 Å². The molecule has 2 nitrogen and oxygen atoms in total. The van der Waals surface area contributed by atoms with Gasteiger partial charge in [-0.15, -0.1) is 0 Å². The number of benzene rings is 6. The number of phenolic OH excluding ortho intramolecular Hbond substituents is 1. The van der Waals surface area contributed by atoms with Gasteiger partial charge < -0.3 is 10.0 Å². The van der Waals surface area contributed by atoms with Crippen molar-refractivity contribution < 1.29 is 26.5 Å². The van der Waals surface area contributed by atoms with E-state index in [0.29, 0.717) is 12.2 Å². The van der Waals surface area contributed by atoms with Crippen molar-refractivity contribution in [1.29, 1.82) is 0 Å². The Kier molecular flexibility index (Phi) is 12.3. The molecule has 1 atom stereocenters. The third-order valence-electron chi connectivity index (χ3n) is 7.24. The van der Waals surface area contributed by atoms with Crippen molar-refractivity contribution in [1.82, 2.24) is 0 Å². The van der Waals surface area contributed by atoms with Gasteiger partial charge in [-0.1, -0.05) is 112 Å². The van der Waals surface area contributed by atoms with Gasteiger partial charge in [0.25, 0.3) is 0 Å². The van der Waals surface area contributed by atoms with E-state index in [1.54, 1.807) is 6.07 Å². The number of hydrogen-bond acceptors (Lipinski definition) is 2. The van der Waals surface area contributed by atoms with Crippen molar-refractivity contribution >= 4 is 54.9 Å². The molecule has 1 N–H and O–H groups in total. The first-order chi connectivity index (χ1) is 22.1. The van der Waals surface area contributed by atoms with Crippen LogP contribution >= 0.6 is 27.2 Å². The Labute approximate surface area is 283 Å². The molecule has 0 spiro atoms. The first-order valence-electron chi connectivity index (χ1n) is 14.4. The number of halogens is 3. The van der Waals surface area contributed by atoms with Crippen LogP contribution in [0.1, 0.15) is 22.3 Å². The van der Waals surface area contributed by atoms with E-state index in [0.717, 1.165) is 50.8 Å². The molecule has 0 aliphatic heterocycles. The third-order valence-corrected chi connectivity index (χ3v) is 8.58. The van der Waals surface area contributed by atoms with Crippen molar-refractivity contribution in [3.8, 4) is 5.75 Å². The van der Waals surface area contributed by atoms with E-state index < -0.39 is 17.0 Å². The fourth-order valence-corrected chi connectivity index (χ4v) is 6.57. The first-order valence-corrected chi connectivity index (χ1v) is 19.7. The summed E-state index contributed by atoms with van der Waals surface area (Å²) in [5, 5.41) is 13.4. The minimum absolute atomic E-state index is 0.109. The molecule has 0 aromatic heterocycles. The van der Waals surface area contributed by atoms with Gasteiger partial charge >= 0.3 is 35.6 Å². The Hall–Kier alpha value is -3.43. The number of anilines is 3. The molecule has 0 saturated heterocycles. The van der Waals surface area contributed by atoms with Gasteiger partial charge in [-0.25, -0.2) is 4.39 Å². The van der Waals surface area contributed by atoms with Crippen LogP contribution in [0.3, 0.4) is 0 Å². The molecule has 1 unspecified atom stereocenters. The normalized spacial score (nSPS) is 10.7. The third kappa shape index (κ3) is 9.07. The standard InChI is InChI=1S/C38H31FNOP.2ClH.Ti/c39-32-21-22-36(35(27-32)40(33-17-9-3-10-18-33)34-19-11-4-12-20-34)42-37-26-30(23-28-13-5-1-6-14-28)25-31(38(37)41)24-29-15-7-2-8-16-29;;;/h1-22,25-27,41-42H,23-24H2;2*1H;/q;;;+2/p-2. The van der Waals surface area contributed by atoms with Crippen molar-refractivity contribution in [3.63, 3.8) is 0 Å². The number of aromatic hydroxyl groups is 1. The zero-order valence-corrected chi connectivity index (χ0v) is 28.4. The molecule has 224 valence electrons. The summed E-state index contributed by atoms with van der Waals surface area (Å²) in [5.74, 6) is -0.00234. The molecule has 0 aliphatic carbocycles. The van der Waals surface area contributed by atoms with Gasteiger partial charge in [-0.3, -0.25) is 0 Å². The summed E-state index contributed by atoms with van der Waals surface area (Å²) in [6, 6.07) is 49.8. The summed E-state index contributed by atoms with van der Waals surface area (Å²) in [4.78, 5) is 2.08. The molecular formula is C38H31Cl2FNOPTi. The summed E-state index contributed by atoms with van der Waals surface area (Å²) in [5.41, 5.74) is 7.01. The predicted octanol–water partition coefficient (Wildman–Crippen LogP) is 10.2. The van der Waals surface area contributed by atoms with Crippen LogP contribution < -0.4 is 15.5 Å². The number of hydrogen-bond donors (Lipinski definition) is 1. The van der Waals surface area contributed by atoms with Gasteiger partial charge in [-0.05, 0) is 77.2 Å². The molecule has 0 aliphatic rings. The van der Waals surface area contributed by atoms with E-state index in [4.69, 9.17) is 18.6 Å². The second-order valence-electron chi connectivity index (χ2n) is 10.3. The number of para-hydroxylation sites is 2. The quantitative estimate of drug-likeness (QED) is 0.121. The van der Waals surface area contributed by atoms with E-state index in [1.807, 2.05) is 91.0 Å². The number of phenols is 1. The average molecular weight is 686 g/mol. The van der Waals surface area contributed by atoms with Crippen molar-refractivity contribution in [2.45, 2.75) is 12.8 Å². The molecule has 0 fully saturated rings. The van der Waals surface area contributed by atoms with E-state index in [9.17, 15) is 9.50 Å². The SMILES string of the molecule is Oc1c(Cc2ccccc2)cc(Cc2ccccc2)cc1Pc1ccc(F)cc1N(c1ccccc1)c1ccccc1.[Cl][Ti][Cl]. The van der Waals surface area contributed by atoms with Gasteiger partial charge in [0.1, 0.15) is 11.6 Å². The van der Waals surface area contributed by atoms with Gasteiger partial charge in [0.15, 0.2) is 0 Å². The minimum atomic E-state index is -0.556. The zero-order chi connectivity index (χ0) is 31.4. The molecule has 0 bridgehead atoms. The second kappa shape index (κ2) is 16.8. The Morgan fingerprint density at radius 1 is 0.578 bits per heavy atom. The summed E-state index contributed by atoms with van der Waals surface area (Å²) in [6.07, 6.45) is 1.39. The topological polar surface area (TPSA) is 23.5 Å². The Morgan fingerprint density at radius 3 is 1.60 bits per heavy atom. The fraction of sp³-hybridized carbons (Fsp3) is 0.0526. The van der Waals surface area contributed by atoms with Crippen LogP contribution in [-0.2, 0) is 29.9 Å². The maximum atomic E-state index is 14.9. The molecule has 6 rings (SSSR count). The Bertz CT molecular complexity index is 1760. The fourth-order valence-electron chi connectivity index (χ4n) is 5.26. The predicted molar refractivity (Wildman–Crippen MR) is 187 cm³/mol. The van der Waals surface area contributed by atoms with Gasteiger partial charge in [0, 0.05) is 28.4 Å². The summed E-state index contributed by atoms with van der Waals surface area (Å²) in [6.45, 7) is 0. The van der Waals surface area contributed by atoms with E-state index in [2.05, 4.69) is 53.4 Å². The number of rotatable bonds is 9. The van der Waals surface area contributed by atoms with Gasteiger partial charge in [0.2, 0.25) is 0 Å². The molecule has 6 aromatic rings. The summed E-state index contributed by atoms with van der Waals surface area (Å²) < 4.78 is 14.9. The molecule has 0 saturated carbocycles. The summed E-state index contributed by atoms with van der Waals surface area (Å²) in [7, 11) is 9.89. The number of nitrogens with zero attached hydrogens (tertiary/aromatic N) is 1. The Balaban J connectivity index is 0.00000128. The van der Waals surface area contributed by atoms with Crippen LogP contribution in [0.5, 0.6) is 5.75 Å². The molecule has 0 heterocycles. The van der Waals surface area contributed by atoms with E-state index in [1.165, 1.54) is 11.6 Å². The molecule has 0 radical (unpaired) electrons. The Morgan fingerprint density at radius 2 is 1.07 bits per heavy atom. The molecule has 0 amide bonds. The first kappa shape index (κ1) is 33.0. The van der Waals surface area contributed by atoms with Crippen LogP contribution in [-0.4, -0.2) is 5.11 Å². The summed E-state index contributed by atoms with van der Waals surface area (Å²) >= 11 is -0.556. The zero-order valence-electron chi connectivity index (χ0n) is 24.4. The molecule has 45 heavy (non-hydrogen) atoms. The van der Waals surface area contributed by atoms with Crippen molar-refractivity contribution in [3.05, 3.63) is 180 Å².